The first-order chi connectivity index (χ1) is 8.79. The average molecular weight is 245 g/mol. The van der Waals surface area contributed by atoms with E-state index in [1.54, 1.807) is 6.07 Å². The predicted octanol–water partition coefficient (Wildman–Crippen LogP) is 0.992. The second-order valence-corrected chi connectivity index (χ2v) is 3.92. The van der Waals surface area contributed by atoms with E-state index >= 15 is 0 Å². The summed E-state index contributed by atoms with van der Waals surface area (Å²) in [6.45, 7) is 0.812. The minimum atomic E-state index is -0.0566. The Bertz CT molecular complexity index is 509. The molecule has 94 valence electrons. The molecule has 0 unspecified atom stereocenters. The standard InChI is InChI=1S/C13H15N3O2/c14-8-11-4-2-1-3-10(11)7-13(17)15-9-12-5-6-18-16-12/h1-6H,7-9,14H2,(H,15,17). The number of amides is 1. The van der Waals surface area contributed by atoms with E-state index in [0.29, 0.717) is 25.2 Å². The summed E-state index contributed by atoms with van der Waals surface area (Å²) in [6.07, 6.45) is 1.80. The Morgan fingerprint density at radius 2 is 2.06 bits per heavy atom. The predicted molar refractivity (Wildman–Crippen MR) is 66.4 cm³/mol. The topological polar surface area (TPSA) is 81.2 Å². The van der Waals surface area contributed by atoms with E-state index in [-0.39, 0.29) is 5.91 Å². The zero-order chi connectivity index (χ0) is 12.8. The van der Waals surface area contributed by atoms with E-state index in [2.05, 4.69) is 15.0 Å². The number of hydrogen-bond acceptors (Lipinski definition) is 4. The van der Waals surface area contributed by atoms with E-state index in [1.807, 2.05) is 24.3 Å². The van der Waals surface area contributed by atoms with E-state index in [1.165, 1.54) is 6.26 Å². The molecule has 0 radical (unpaired) electrons. The maximum absolute atomic E-state index is 11.8. The van der Waals surface area contributed by atoms with Gasteiger partial charge in [0.05, 0.1) is 13.0 Å². The van der Waals surface area contributed by atoms with Crippen LogP contribution in [-0.4, -0.2) is 11.1 Å². The lowest BCUT2D eigenvalue weighted by molar-refractivity contribution is -0.120. The van der Waals surface area contributed by atoms with Crippen LogP contribution >= 0.6 is 0 Å². The van der Waals surface area contributed by atoms with Gasteiger partial charge in [-0.15, -0.1) is 0 Å². The van der Waals surface area contributed by atoms with E-state index in [4.69, 9.17) is 5.73 Å². The monoisotopic (exact) mass is 245 g/mol. The van der Waals surface area contributed by atoms with Crippen LogP contribution in [0.25, 0.3) is 0 Å². The van der Waals surface area contributed by atoms with Gasteiger partial charge in [-0.1, -0.05) is 29.4 Å². The van der Waals surface area contributed by atoms with Gasteiger partial charge in [0, 0.05) is 12.6 Å². The van der Waals surface area contributed by atoms with E-state index < -0.39 is 0 Å². The molecule has 2 rings (SSSR count). The summed E-state index contributed by atoms with van der Waals surface area (Å²) in [6, 6.07) is 9.38. The first kappa shape index (κ1) is 12.3. The third-order valence-electron chi connectivity index (χ3n) is 2.65. The normalized spacial score (nSPS) is 10.3. The third-order valence-corrected chi connectivity index (χ3v) is 2.65. The molecule has 1 heterocycles. The number of nitrogens with one attached hydrogen (secondary N) is 1. The number of rotatable bonds is 5. The molecule has 1 aromatic carbocycles. The van der Waals surface area contributed by atoms with Gasteiger partial charge < -0.3 is 15.6 Å². The molecule has 0 aliphatic rings. The number of benzene rings is 1. The molecule has 0 saturated carbocycles. The molecular weight excluding hydrogens is 230 g/mol. The van der Waals surface area contributed by atoms with Gasteiger partial charge in [0.1, 0.15) is 12.0 Å². The number of nitrogens with zero attached hydrogens (tertiary/aromatic N) is 1. The van der Waals surface area contributed by atoms with Crippen molar-refractivity contribution in [2.45, 2.75) is 19.5 Å². The minimum absolute atomic E-state index is 0.0566. The molecule has 0 bridgehead atoms. The molecule has 1 aromatic heterocycles. The van der Waals surface area contributed by atoms with Crippen LogP contribution in [0, 0.1) is 0 Å². The highest BCUT2D eigenvalue weighted by molar-refractivity contribution is 5.78. The van der Waals surface area contributed by atoms with Crippen LogP contribution in [0.5, 0.6) is 0 Å². The zero-order valence-corrected chi connectivity index (χ0v) is 9.93. The summed E-state index contributed by atoms with van der Waals surface area (Å²) in [5.74, 6) is -0.0566. The molecule has 5 nitrogen and oxygen atoms in total. The molecule has 0 fully saturated rings. The van der Waals surface area contributed by atoms with Crippen LogP contribution in [-0.2, 0) is 24.3 Å². The minimum Gasteiger partial charge on any atom is -0.364 e. The largest absolute Gasteiger partial charge is 0.364 e. The van der Waals surface area contributed by atoms with Gasteiger partial charge in [0.2, 0.25) is 5.91 Å². The van der Waals surface area contributed by atoms with Crippen LogP contribution in [0.1, 0.15) is 16.8 Å². The lowest BCUT2D eigenvalue weighted by Crippen LogP contribution is -2.25. The Hall–Kier alpha value is -2.14. The van der Waals surface area contributed by atoms with Crippen molar-refractivity contribution >= 4 is 5.91 Å². The molecule has 0 spiro atoms. The van der Waals surface area contributed by atoms with Gasteiger partial charge in [0.15, 0.2) is 0 Å². The van der Waals surface area contributed by atoms with Crippen molar-refractivity contribution in [2.75, 3.05) is 0 Å². The molecule has 0 aliphatic carbocycles. The van der Waals surface area contributed by atoms with E-state index in [9.17, 15) is 4.79 Å². The Morgan fingerprint density at radius 1 is 1.28 bits per heavy atom. The lowest BCUT2D eigenvalue weighted by Gasteiger charge is -2.07. The van der Waals surface area contributed by atoms with Gasteiger partial charge in [-0.3, -0.25) is 4.79 Å². The van der Waals surface area contributed by atoms with Crippen molar-refractivity contribution < 1.29 is 9.32 Å². The van der Waals surface area contributed by atoms with Gasteiger partial charge >= 0.3 is 0 Å². The summed E-state index contributed by atoms with van der Waals surface area (Å²) >= 11 is 0. The third kappa shape index (κ3) is 3.18. The van der Waals surface area contributed by atoms with Crippen LogP contribution in [0.4, 0.5) is 0 Å². The fraction of sp³-hybridized carbons (Fsp3) is 0.231. The molecular formula is C13H15N3O2. The van der Waals surface area contributed by atoms with Crippen LogP contribution in [0.2, 0.25) is 0 Å². The molecule has 1 amide bonds. The first-order valence-electron chi connectivity index (χ1n) is 5.72. The first-order valence-corrected chi connectivity index (χ1v) is 5.72. The number of hydrogen-bond donors (Lipinski definition) is 2. The summed E-state index contributed by atoms with van der Waals surface area (Å²) in [5.41, 5.74) is 8.28. The maximum Gasteiger partial charge on any atom is 0.224 e. The van der Waals surface area contributed by atoms with Crippen LogP contribution in [0.15, 0.2) is 41.1 Å². The highest BCUT2D eigenvalue weighted by atomic mass is 16.5. The second kappa shape index (κ2) is 5.97. The molecule has 0 saturated heterocycles. The van der Waals surface area contributed by atoms with Crippen molar-refractivity contribution in [1.82, 2.24) is 10.5 Å². The fourth-order valence-corrected chi connectivity index (χ4v) is 1.68. The Balaban J connectivity index is 1.90. The lowest BCUT2D eigenvalue weighted by atomic mass is 10.0. The summed E-state index contributed by atoms with van der Waals surface area (Å²) in [5, 5.41) is 6.50. The van der Waals surface area contributed by atoms with Crippen molar-refractivity contribution in [3.63, 3.8) is 0 Å². The molecule has 0 aliphatic heterocycles. The summed E-state index contributed by atoms with van der Waals surface area (Å²) in [7, 11) is 0. The van der Waals surface area contributed by atoms with Crippen LogP contribution in [0.3, 0.4) is 0 Å². The van der Waals surface area contributed by atoms with Crippen molar-refractivity contribution in [3.05, 3.63) is 53.4 Å². The molecule has 0 atom stereocenters. The Kier molecular flexibility index (Phi) is 4.09. The Morgan fingerprint density at radius 3 is 2.72 bits per heavy atom. The maximum atomic E-state index is 11.8. The summed E-state index contributed by atoms with van der Waals surface area (Å²) in [4.78, 5) is 11.8. The fourth-order valence-electron chi connectivity index (χ4n) is 1.68. The number of carbonyl (C=O) groups excluding carboxylic acids is 1. The molecule has 5 heteroatoms. The van der Waals surface area contributed by atoms with Crippen molar-refractivity contribution in [3.8, 4) is 0 Å². The second-order valence-electron chi connectivity index (χ2n) is 3.92. The highest BCUT2D eigenvalue weighted by Crippen LogP contribution is 2.08. The van der Waals surface area contributed by atoms with Crippen molar-refractivity contribution in [1.29, 1.82) is 0 Å². The molecule has 2 aromatic rings. The van der Waals surface area contributed by atoms with Gasteiger partial charge in [-0.05, 0) is 11.1 Å². The number of aromatic nitrogens is 1. The highest BCUT2D eigenvalue weighted by Gasteiger charge is 2.07. The smallest absolute Gasteiger partial charge is 0.224 e. The Labute approximate surface area is 105 Å². The average Bonchev–Trinajstić information content (AvgIpc) is 2.90. The number of carbonyl (C=O) groups is 1. The zero-order valence-electron chi connectivity index (χ0n) is 9.93. The van der Waals surface area contributed by atoms with Gasteiger partial charge in [0.25, 0.3) is 0 Å². The molecule has 18 heavy (non-hydrogen) atoms. The van der Waals surface area contributed by atoms with E-state index in [0.717, 1.165) is 11.1 Å². The molecule has 3 N–H and O–H groups in total. The van der Waals surface area contributed by atoms with Crippen molar-refractivity contribution in [2.24, 2.45) is 5.73 Å². The SMILES string of the molecule is NCc1ccccc1CC(=O)NCc1ccon1. The van der Waals surface area contributed by atoms with Gasteiger partial charge in [-0.2, -0.15) is 0 Å². The summed E-state index contributed by atoms with van der Waals surface area (Å²) < 4.78 is 4.68. The van der Waals surface area contributed by atoms with Gasteiger partial charge in [-0.25, -0.2) is 0 Å². The van der Waals surface area contributed by atoms with Crippen LogP contribution < -0.4 is 11.1 Å². The number of nitrogens with two attached hydrogens (primary N) is 1. The quantitative estimate of drug-likeness (QED) is 0.823.